The maximum atomic E-state index is 12.0. The van der Waals surface area contributed by atoms with Crippen molar-refractivity contribution in [2.24, 2.45) is 0 Å². The summed E-state index contributed by atoms with van der Waals surface area (Å²) in [5.74, 6) is -0.981. The molecule has 4 amide bonds. The second-order valence-corrected chi connectivity index (χ2v) is 6.17. The molecule has 2 aromatic carbocycles. The van der Waals surface area contributed by atoms with Crippen LogP contribution in [0.5, 0.6) is 5.75 Å². The summed E-state index contributed by atoms with van der Waals surface area (Å²) in [5, 5.41) is 18.2. The number of benzene rings is 2. The van der Waals surface area contributed by atoms with E-state index in [1.54, 1.807) is 37.3 Å². The number of carbonyl (C=O) groups excluding carboxylic acids is 3. The molecule has 0 spiro atoms. The van der Waals surface area contributed by atoms with Gasteiger partial charge in [0.15, 0.2) is 12.4 Å². The van der Waals surface area contributed by atoms with E-state index in [1.807, 2.05) is 0 Å². The first-order chi connectivity index (χ1) is 13.3. The van der Waals surface area contributed by atoms with Gasteiger partial charge in [-0.15, -0.1) is 0 Å². The number of nitro groups is 1. The molecule has 1 aliphatic rings. The zero-order valence-electron chi connectivity index (χ0n) is 14.7. The second-order valence-electron chi connectivity index (χ2n) is 6.17. The van der Waals surface area contributed by atoms with E-state index in [-0.39, 0.29) is 11.4 Å². The highest BCUT2D eigenvalue weighted by molar-refractivity contribution is 6.07. The molecular formula is C18H16N4O6. The highest BCUT2D eigenvalue weighted by Gasteiger charge is 2.43. The van der Waals surface area contributed by atoms with Gasteiger partial charge >= 0.3 is 11.7 Å². The molecule has 3 N–H and O–H groups in total. The molecule has 3 rings (SSSR count). The van der Waals surface area contributed by atoms with E-state index in [1.165, 1.54) is 18.2 Å². The van der Waals surface area contributed by atoms with Gasteiger partial charge in [0.25, 0.3) is 11.8 Å². The van der Waals surface area contributed by atoms with Gasteiger partial charge in [-0.2, -0.15) is 0 Å². The lowest BCUT2D eigenvalue weighted by Gasteiger charge is -2.21. The standard InChI is InChI=1S/C18H16N4O6/c1-18(16(24)20-17(25)21-18)11-6-8-12(9-7-11)19-15(23)10-28-14-5-3-2-4-13(14)22(26)27/h2-9H,10H2,1H3,(H,19,23)(H2,20,21,24,25). The van der Waals surface area contributed by atoms with Gasteiger partial charge in [0.2, 0.25) is 0 Å². The number of hydrogen-bond donors (Lipinski definition) is 3. The SMILES string of the molecule is CC1(c2ccc(NC(=O)COc3ccccc3[N+](=O)[O-])cc2)NC(=O)NC1=O. The van der Waals surface area contributed by atoms with Crippen LogP contribution in [0, 0.1) is 10.1 Å². The molecule has 1 atom stereocenters. The summed E-state index contributed by atoms with van der Waals surface area (Å²) in [6, 6.07) is 11.5. The molecule has 1 fully saturated rings. The van der Waals surface area contributed by atoms with Crippen LogP contribution in [-0.2, 0) is 15.1 Å². The van der Waals surface area contributed by atoms with Gasteiger partial charge in [0.05, 0.1) is 4.92 Å². The molecular weight excluding hydrogens is 368 g/mol. The number of nitrogens with one attached hydrogen (secondary N) is 3. The summed E-state index contributed by atoms with van der Waals surface area (Å²) in [6.07, 6.45) is 0. The first-order valence-electron chi connectivity index (χ1n) is 8.20. The maximum absolute atomic E-state index is 12.0. The van der Waals surface area contributed by atoms with Crippen molar-refractivity contribution in [3.63, 3.8) is 0 Å². The Balaban J connectivity index is 1.62. The first-order valence-corrected chi connectivity index (χ1v) is 8.20. The van der Waals surface area contributed by atoms with Gasteiger partial charge in [-0.05, 0) is 30.7 Å². The molecule has 0 bridgehead atoms. The van der Waals surface area contributed by atoms with Crippen molar-refractivity contribution < 1.29 is 24.0 Å². The largest absolute Gasteiger partial charge is 0.477 e. The van der Waals surface area contributed by atoms with Gasteiger partial charge in [0, 0.05) is 11.8 Å². The van der Waals surface area contributed by atoms with Crippen molar-refractivity contribution >= 4 is 29.2 Å². The molecule has 0 aliphatic carbocycles. The van der Waals surface area contributed by atoms with Crippen molar-refractivity contribution in [3.05, 3.63) is 64.2 Å². The van der Waals surface area contributed by atoms with E-state index in [4.69, 9.17) is 4.74 Å². The van der Waals surface area contributed by atoms with Crippen LogP contribution in [0.1, 0.15) is 12.5 Å². The lowest BCUT2D eigenvalue weighted by atomic mass is 9.92. The molecule has 2 aromatic rings. The molecule has 1 saturated heterocycles. The predicted molar refractivity (Wildman–Crippen MR) is 97.7 cm³/mol. The Hall–Kier alpha value is -3.95. The summed E-state index contributed by atoms with van der Waals surface area (Å²) < 4.78 is 5.23. The summed E-state index contributed by atoms with van der Waals surface area (Å²) in [7, 11) is 0. The van der Waals surface area contributed by atoms with E-state index < -0.39 is 34.9 Å². The van der Waals surface area contributed by atoms with Crippen molar-refractivity contribution in [1.82, 2.24) is 10.6 Å². The predicted octanol–water partition coefficient (Wildman–Crippen LogP) is 1.67. The minimum Gasteiger partial charge on any atom is -0.477 e. The smallest absolute Gasteiger partial charge is 0.322 e. The Morgan fingerprint density at radius 1 is 1.18 bits per heavy atom. The monoisotopic (exact) mass is 384 g/mol. The third-order valence-electron chi connectivity index (χ3n) is 4.21. The van der Waals surface area contributed by atoms with Crippen LogP contribution in [0.25, 0.3) is 0 Å². The van der Waals surface area contributed by atoms with E-state index in [0.717, 1.165) is 0 Å². The number of ether oxygens (including phenoxy) is 1. The number of urea groups is 1. The molecule has 144 valence electrons. The van der Waals surface area contributed by atoms with Crippen LogP contribution < -0.4 is 20.7 Å². The fourth-order valence-corrected chi connectivity index (χ4v) is 2.70. The number of para-hydroxylation sites is 2. The van der Waals surface area contributed by atoms with E-state index in [9.17, 15) is 24.5 Å². The Labute approximate surface area is 159 Å². The van der Waals surface area contributed by atoms with Crippen LogP contribution in [-0.4, -0.2) is 29.4 Å². The fourth-order valence-electron chi connectivity index (χ4n) is 2.70. The van der Waals surface area contributed by atoms with Crippen LogP contribution >= 0.6 is 0 Å². The topological polar surface area (TPSA) is 140 Å². The van der Waals surface area contributed by atoms with E-state index in [0.29, 0.717) is 11.3 Å². The molecule has 10 nitrogen and oxygen atoms in total. The average molecular weight is 384 g/mol. The van der Waals surface area contributed by atoms with Crippen molar-refractivity contribution in [2.45, 2.75) is 12.5 Å². The highest BCUT2D eigenvalue weighted by atomic mass is 16.6. The van der Waals surface area contributed by atoms with Crippen molar-refractivity contribution in [3.8, 4) is 5.75 Å². The van der Waals surface area contributed by atoms with Crippen LogP contribution in [0.3, 0.4) is 0 Å². The zero-order chi connectivity index (χ0) is 20.3. The zero-order valence-corrected chi connectivity index (χ0v) is 14.7. The third kappa shape index (κ3) is 3.75. The lowest BCUT2D eigenvalue weighted by Crippen LogP contribution is -2.40. The van der Waals surface area contributed by atoms with Gasteiger partial charge < -0.3 is 15.4 Å². The van der Waals surface area contributed by atoms with Gasteiger partial charge in [0.1, 0.15) is 5.54 Å². The first kappa shape index (κ1) is 18.8. The summed E-state index contributed by atoms with van der Waals surface area (Å²) >= 11 is 0. The summed E-state index contributed by atoms with van der Waals surface area (Å²) in [5.41, 5.74) is -0.433. The summed E-state index contributed by atoms with van der Waals surface area (Å²) in [6.45, 7) is 1.16. The average Bonchev–Trinajstić information content (AvgIpc) is 2.93. The number of imide groups is 1. The quantitative estimate of drug-likeness (QED) is 0.393. The van der Waals surface area contributed by atoms with E-state index >= 15 is 0 Å². The van der Waals surface area contributed by atoms with Crippen LogP contribution in [0.15, 0.2) is 48.5 Å². The van der Waals surface area contributed by atoms with Crippen molar-refractivity contribution in [2.75, 3.05) is 11.9 Å². The third-order valence-corrected chi connectivity index (χ3v) is 4.21. The number of rotatable bonds is 6. The molecule has 0 radical (unpaired) electrons. The Bertz CT molecular complexity index is 959. The minimum absolute atomic E-state index is 0.00564. The number of carbonyl (C=O) groups is 3. The number of hydrogen-bond acceptors (Lipinski definition) is 6. The van der Waals surface area contributed by atoms with Gasteiger partial charge in [-0.25, -0.2) is 4.79 Å². The van der Waals surface area contributed by atoms with Gasteiger partial charge in [-0.1, -0.05) is 24.3 Å². The molecule has 0 aromatic heterocycles. The Morgan fingerprint density at radius 3 is 2.46 bits per heavy atom. The molecule has 0 saturated carbocycles. The maximum Gasteiger partial charge on any atom is 0.322 e. The second kappa shape index (κ2) is 7.35. The van der Waals surface area contributed by atoms with E-state index in [2.05, 4.69) is 16.0 Å². The number of nitro benzene ring substituents is 1. The highest BCUT2D eigenvalue weighted by Crippen LogP contribution is 2.27. The Kier molecular flexibility index (Phi) is 4.94. The lowest BCUT2D eigenvalue weighted by molar-refractivity contribution is -0.385. The molecule has 1 unspecified atom stereocenters. The van der Waals surface area contributed by atoms with Crippen LogP contribution in [0.4, 0.5) is 16.2 Å². The number of amides is 4. The molecule has 1 aliphatic heterocycles. The fraction of sp³-hybridized carbons (Fsp3) is 0.167. The van der Waals surface area contributed by atoms with Crippen LogP contribution in [0.2, 0.25) is 0 Å². The number of anilines is 1. The minimum atomic E-state index is -1.19. The summed E-state index contributed by atoms with van der Waals surface area (Å²) in [4.78, 5) is 45.7. The number of nitrogens with zero attached hydrogens (tertiary/aromatic N) is 1. The van der Waals surface area contributed by atoms with Gasteiger partial charge in [-0.3, -0.25) is 25.0 Å². The normalized spacial score (nSPS) is 18.2. The van der Waals surface area contributed by atoms with Crippen molar-refractivity contribution in [1.29, 1.82) is 0 Å². The molecule has 10 heteroatoms. The molecule has 1 heterocycles. The Morgan fingerprint density at radius 2 is 1.86 bits per heavy atom. The molecule has 28 heavy (non-hydrogen) atoms.